The lowest BCUT2D eigenvalue weighted by atomic mass is 9.78. The van der Waals surface area contributed by atoms with Gasteiger partial charge in [-0.25, -0.2) is 0 Å². The summed E-state index contributed by atoms with van der Waals surface area (Å²) in [4.78, 5) is 0.666. The molecule has 1 aromatic heterocycles. The fraction of sp³-hybridized carbons (Fsp3) is 0.192. The van der Waals surface area contributed by atoms with Crippen LogP contribution in [-0.4, -0.2) is 20.9 Å². The van der Waals surface area contributed by atoms with Gasteiger partial charge in [0, 0.05) is 13.2 Å². The minimum Gasteiger partial charge on any atom is -0.593 e. The van der Waals surface area contributed by atoms with E-state index < -0.39 is 16.9 Å². The van der Waals surface area contributed by atoms with Crippen molar-refractivity contribution in [1.82, 2.24) is 14.5 Å². The number of nitrogens with one attached hydrogen (secondary N) is 1. The van der Waals surface area contributed by atoms with Crippen molar-refractivity contribution in [3.63, 3.8) is 0 Å². The second-order valence-corrected chi connectivity index (χ2v) is 8.99. The number of aryl methyl sites for hydroxylation is 1. The van der Waals surface area contributed by atoms with Crippen molar-refractivity contribution >= 4 is 11.4 Å². The van der Waals surface area contributed by atoms with Gasteiger partial charge in [0.25, 0.3) is 0 Å². The molecule has 0 spiro atoms. The topological polar surface area (TPSA) is 62.1 Å². The van der Waals surface area contributed by atoms with Gasteiger partial charge in [-0.2, -0.15) is 5.10 Å². The van der Waals surface area contributed by atoms with Crippen LogP contribution in [-0.2, 0) is 34.8 Å². The van der Waals surface area contributed by atoms with Crippen molar-refractivity contribution in [2.45, 2.75) is 30.0 Å². The monoisotopic (exact) mass is 443 g/mol. The molecule has 0 bridgehead atoms. The molecule has 3 aromatic carbocycles. The van der Waals surface area contributed by atoms with E-state index >= 15 is 0 Å². The van der Waals surface area contributed by atoms with E-state index in [-0.39, 0.29) is 0 Å². The zero-order valence-corrected chi connectivity index (χ0v) is 18.5. The smallest absolute Gasteiger partial charge is 0.217 e. The van der Waals surface area contributed by atoms with Crippen LogP contribution in [0.5, 0.6) is 0 Å². The Kier molecular flexibility index (Phi) is 6.10. The summed E-state index contributed by atoms with van der Waals surface area (Å²) in [6.45, 7) is 1.87. The van der Waals surface area contributed by atoms with Gasteiger partial charge in [0.1, 0.15) is 17.4 Å². The van der Waals surface area contributed by atoms with Gasteiger partial charge < -0.3 is 9.29 Å². The number of benzene rings is 3. The third-order valence-electron chi connectivity index (χ3n) is 5.87. The van der Waals surface area contributed by atoms with Gasteiger partial charge in [0.05, 0.1) is 18.0 Å². The Morgan fingerprint density at radius 1 is 0.844 bits per heavy atom. The molecular formula is C26H25N3O2S. The molecule has 2 heterocycles. The first-order valence-electron chi connectivity index (χ1n) is 10.8. The molecule has 0 radical (unpaired) electrons. The highest BCUT2D eigenvalue weighted by atomic mass is 32.2. The van der Waals surface area contributed by atoms with Crippen LogP contribution in [0.1, 0.15) is 28.8 Å². The molecule has 1 N–H and O–H groups in total. The van der Waals surface area contributed by atoms with E-state index in [4.69, 9.17) is 4.74 Å². The molecule has 1 aliphatic rings. The summed E-state index contributed by atoms with van der Waals surface area (Å²) in [6, 6.07) is 30.5. The summed E-state index contributed by atoms with van der Waals surface area (Å²) in [5, 5.41) is 4.49. The van der Waals surface area contributed by atoms with Crippen LogP contribution in [0, 0.1) is 0 Å². The van der Waals surface area contributed by atoms with Gasteiger partial charge in [-0.1, -0.05) is 91.0 Å². The Morgan fingerprint density at radius 3 is 1.91 bits per heavy atom. The van der Waals surface area contributed by atoms with E-state index in [1.54, 1.807) is 6.20 Å². The summed E-state index contributed by atoms with van der Waals surface area (Å²) in [6.07, 6.45) is 2.61. The molecule has 1 aliphatic heterocycles. The van der Waals surface area contributed by atoms with Crippen LogP contribution < -0.4 is 4.72 Å². The first-order chi connectivity index (χ1) is 15.8. The van der Waals surface area contributed by atoms with Gasteiger partial charge in [-0.3, -0.25) is 4.68 Å². The Hall–Kier alpha value is -2.90. The lowest BCUT2D eigenvalue weighted by Gasteiger charge is -2.35. The van der Waals surface area contributed by atoms with Crippen molar-refractivity contribution in [1.29, 1.82) is 0 Å². The summed E-state index contributed by atoms with van der Waals surface area (Å²) in [5.74, 6) is 0. The molecule has 4 aromatic rings. The van der Waals surface area contributed by atoms with Crippen molar-refractivity contribution in [2.24, 2.45) is 0 Å². The van der Waals surface area contributed by atoms with Gasteiger partial charge in [-0.05, 0) is 23.1 Å². The van der Waals surface area contributed by atoms with Crippen LogP contribution in [0.25, 0.3) is 0 Å². The molecule has 1 atom stereocenters. The highest BCUT2D eigenvalue weighted by molar-refractivity contribution is 7.89. The first-order valence-corrected chi connectivity index (χ1v) is 11.9. The molecule has 162 valence electrons. The Bertz CT molecular complexity index is 1050. The van der Waals surface area contributed by atoms with E-state index in [1.807, 2.05) is 59.3 Å². The van der Waals surface area contributed by atoms with Gasteiger partial charge >= 0.3 is 0 Å². The van der Waals surface area contributed by atoms with Gasteiger partial charge in [0.2, 0.25) is 4.90 Å². The van der Waals surface area contributed by atoms with Crippen LogP contribution in [0.4, 0.5) is 0 Å². The molecule has 1 unspecified atom stereocenters. The quantitative estimate of drug-likeness (QED) is 0.354. The average molecular weight is 444 g/mol. The molecule has 32 heavy (non-hydrogen) atoms. The lowest BCUT2D eigenvalue weighted by Crippen LogP contribution is -2.47. The third-order valence-corrected chi connectivity index (χ3v) is 7.11. The predicted octanol–water partition coefficient (Wildman–Crippen LogP) is 4.41. The Morgan fingerprint density at radius 2 is 1.38 bits per heavy atom. The number of rotatable bonds is 6. The maximum absolute atomic E-state index is 13.9. The SMILES string of the molecule is [O-][S+](NC(c1ccccc1)(c1ccccc1)c1ccccc1)c1cnn2c1COCCC2. The predicted molar refractivity (Wildman–Crippen MR) is 125 cm³/mol. The van der Waals surface area contributed by atoms with Crippen molar-refractivity contribution < 1.29 is 9.29 Å². The minimum absolute atomic E-state index is 0.414. The summed E-state index contributed by atoms with van der Waals surface area (Å²) < 4.78 is 25.1. The molecule has 5 rings (SSSR count). The zero-order chi connectivity index (χ0) is 21.8. The Balaban J connectivity index is 1.66. The maximum atomic E-state index is 13.9. The fourth-order valence-electron chi connectivity index (χ4n) is 4.31. The zero-order valence-electron chi connectivity index (χ0n) is 17.7. The average Bonchev–Trinajstić information content (AvgIpc) is 3.12. The second-order valence-electron chi connectivity index (χ2n) is 7.80. The van der Waals surface area contributed by atoms with Crippen LogP contribution in [0.2, 0.25) is 0 Å². The number of fused-ring (bicyclic) bond motifs is 1. The van der Waals surface area contributed by atoms with E-state index in [2.05, 4.69) is 46.2 Å². The molecule has 0 fully saturated rings. The Labute approximate surface area is 191 Å². The summed E-state index contributed by atoms with van der Waals surface area (Å²) in [7, 11) is 0. The van der Waals surface area contributed by atoms with E-state index in [1.165, 1.54) is 0 Å². The number of ether oxygens (including phenoxy) is 1. The minimum atomic E-state index is -1.53. The maximum Gasteiger partial charge on any atom is 0.217 e. The molecule has 0 saturated carbocycles. The van der Waals surface area contributed by atoms with Crippen molar-refractivity contribution in [2.75, 3.05) is 6.61 Å². The molecule has 0 aliphatic carbocycles. The van der Waals surface area contributed by atoms with Crippen LogP contribution >= 0.6 is 0 Å². The van der Waals surface area contributed by atoms with Crippen molar-refractivity contribution in [3.8, 4) is 0 Å². The van der Waals surface area contributed by atoms with E-state index in [9.17, 15) is 4.55 Å². The summed E-state index contributed by atoms with van der Waals surface area (Å²) in [5.41, 5.74) is 3.10. The lowest BCUT2D eigenvalue weighted by molar-refractivity contribution is 0.123. The first kappa shape index (κ1) is 21.0. The number of aromatic nitrogens is 2. The highest BCUT2D eigenvalue weighted by Crippen LogP contribution is 2.38. The molecular weight excluding hydrogens is 418 g/mol. The highest BCUT2D eigenvalue weighted by Gasteiger charge is 2.42. The van der Waals surface area contributed by atoms with E-state index in [0.717, 1.165) is 35.3 Å². The molecule has 0 saturated heterocycles. The normalized spacial score (nSPS) is 15.0. The molecule has 6 heteroatoms. The van der Waals surface area contributed by atoms with Crippen LogP contribution in [0.3, 0.4) is 0 Å². The van der Waals surface area contributed by atoms with Crippen molar-refractivity contribution in [3.05, 3.63) is 120 Å². The fourth-order valence-corrected chi connectivity index (χ4v) is 5.57. The number of hydrogen-bond donors (Lipinski definition) is 1. The largest absolute Gasteiger partial charge is 0.593 e. The molecule has 0 amide bonds. The summed E-state index contributed by atoms with van der Waals surface area (Å²) >= 11 is -1.53. The molecule has 5 nitrogen and oxygen atoms in total. The van der Waals surface area contributed by atoms with E-state index in [0.29, 0.717) is 18.1 Å². The van der Waals surface area contributed by atoms with Gasteiger partial charge in [-0.15, -0.1) is 4.72 Å². The number of hydrogen-bond acceptors (Lipinski definition) is 4. The standard InChI is InChI=1S/C26H25N3O2S/c30-32(25-19-27-29-17-10-18-31-20-24(25)29)28-26(21-11-4-1-5-12-21,22-13-6-2-7-14-22)23-15-8-3-9-16-23/h1-9,11-16,19,28H,10,17-18,20H2. The van der Waals surface area contributed by atoms with Gasteiger partial charge in [0.15, 0.2) is 0 Å². The van der Waals surface area contributed by atoms with Crippen LogP contribution in [0.15, 0.2) is 102 Å². The third kappa shape index (κ3) is 3.87. The number of nitrogens with zero attached hydrogens (tertiary/aromatic N) is 2. The second kappa shape index (κ2) is 9.30.